The predicted molar refractivity (Wildman–Crippen MR) is 184 cm³/mol. The minimum Gasteiger partial charge on any atom is -0.383 e. The van der Waals surface area contributed by atoms with Gasteiger partial charge in [-0.3, -0.25) is 4.99 Å². The van der Waals surface area contributed by atoms with Gasteiger partial charge in [0.1, 0.15) is 5.84 Å². The van der Waals surface area contributed by atoms with Crippen LogP contribution in [-0.4, -0.2) is 21.2 Å². The summed E-state index contributed by atoms with van der Waals surface area (Å²) in [5.74, 6) is 1.02. The van der Waals surface area contributed by atoms with Gasteiger partial charge in [-0.2, -0.15) is 0 Å². The maximum atomic E-state index is 6.75. The Kier molecular flexibility index (Phi) is 6.27. The van der Waals surface area contributed by atoms with Crippen LogP contribution in [0.15, 0.2) is 156 Å². The fraction of sp³-hybridized carbons (Fsp3) is 0.0256. The summed E-state index contributed by atoms with van der Waals surface area (Å²) < 4.78 is 2.35. The number of amidine groups is 2. The van der Waals surface area contributed by atoms with Gasteiger partial charge in [-0.25, -0.2) is 4.99 Å². The van der Waals surface area contributed by atoms with Crippen LogP contribution >= 0.6 is 0 Å². The van der Waals surface area contributed by atoms with Crippen LogP contribution < -0.4 is 5.73 Å². The third-order valence-electron chi connectivity index (χ3n) is 8.22. The normalized spacial score (nSPS) is 12.5. The van der Waals surface area contributed by atoms with E-state index in [1.54, 1.807) is 0 Å². The number of aromatic nitrogens is 2. The van der Waals surface area contributed by atoms with E-state index in [1.165, 1.54) is 27.1 Å². The van der Waals surface area contributed by atoms with Gasteiger partial charge in [0.15, 0.2) is 5.84 Å². The summed E-state index contributed by atoms with van der Waals surface area (Å²) in [7, 11) is 0. The molecule has 8 rings (SSSR count). The molecule has 5 heteroatoms. The average molecular weight is 568 g/mol. The van der Waals surface area contributed by atoms with Gasteiger partial charge in [-0.15, -0.1) is 0 Å². The van der Waals surface area contributed by atoms with E-state index in [2.05, 4.69) is 94.5 Å². The van der Waals surface area contributed by atoms with Crippen molar-refractivity contribution in [3.63, 3.8) is 0 Å². The number of hydrogen-bond acceptors (Lipinski definition) is 1. The van der Waals surface area contributed by atoms with Crippen LogP contribution in [0.2, 0.25) is 0 Å². The second-order valence-electron chi connectivity index (χ2n) is 10.9. The van der Waals surface area contributed by atoms with Gasteiger partial charge >= 0.3 is 0 Å². The zero-order valence-corrected chi connectivity index (χ0v) is 24.0. The smallest absolute Gasteiger partial charge is 0.157 e. The summed E-state index contributed by atoms with van der Waals surface area (Å²) in [6, 6.07) is 50.0. The maximum Gasteiger partial charge on any atom is 0.157 e. The first-order chi connectivity index (χ1) is 21.7. The van der Waals surface area contributed by atoms with Gasteiger partial charge in [0.2, 0.25) is 0 Å². The molecule has 44 heavy (non-hydrogen) atoms. The summed E-state index contributed by atoms with van der Waals surface area (Å²) >= 11 is 0. The van der Waals surface area contributed by atoms with Crippen molar-refractivity contribution in [2.45, 2.75) is 6.54 Å². The lowest BCUT2D eigenvalue weighted by molar-refractivity contribution is 1.06. The van der Waals surface area contributed by atoms with Crippen LogP contribution in [0.1, 0.15) is 16.7 Å². The molecule has 0 aliphatic heterocycles. The van der Waals surface area contributed by atoms with Crippen LogP contribution in [0.4, 0.5) is 0 Å². The molecule has 0 unspecified atom stereocenters. The number of nitrogens with one attached hydrogen (secondary N) is 1. The first kappa shape index (κ1) is 25.7. The largest absolute Gasteiger partial charge is 0.383 e. The highest BCUT2D eigenvalue weighted by Crippen LogP contribution is 2.39. The number of rotatable bonds is 5. The molecule has 3 N–H and O–H groups in total. The number of aromatic amines is 1. The average Bonchev–Trinajstić information content (AvgIpc) is 3.63. The summed E-state index contributed by atoms with van der Waals surface area (Å²) in [4.78, 5) is 13.4. The monoisotopic (exact) mass is 567 g/mol. The Balaban J connectivity index is 1.30. The number of H-pyrrole nitrogens is 1. The molecule has 0 atom stereocenters. The van der Waals surface area contributed by atoms with Crippen LogP contribution in [0.5, 0.6) is 0 Å². The van der Waals surface area contributed by atoms with Gasteiger partial charge in [-0.1, -0.05) is 115 Å². The quantitative estimate of drug-likeness (QED) is 0.158. The zero-order chi connectivity index (χ0) is 29.5. The molecule has 5 nitrogen and oxygen atoms in total. The standard InChI is InChI=1S/C39H29N5/c40-38(43-39(27-14-5-2-6-15-27)41-25-26-12-3-1-4-13-26)28-16-11-17-29(24-28)44-35-21-10-8-18-30(35)31-22-23-34-36(37(31)44)32-19-7-9-20-33(32)42-34/h1-24,42H,25H2,(H2,40,41,43). The lowest BCUT2D eigenvalue weighted by Crippen LogP contribution is -2.17. The molecular formula is C39H29N5. The molecule has 0 radical (unpaired) electrons. The summed E-state index contributed by atoms with van der Waals surface area (Å²) in [5.41, 5.74) is 15.2. The number of para-hydroxylation sites is 2. The van der Waals surface area contributed by atoms with Crippen molar-refractivity contribution < 1.29 is 0 Å². The highest BCUT2D eigenvalue weighted by Gasteiger charge is 2.18. The number of fused-ring (bicyclic) bond motifs is 7. The van der Waals surface area contributed by atoms with Gasteiger partial charge in [-0.05, 0) is 35.9 Å². The predicted octanol–water partition coefficient (Wildman–Crippen LogP) is 8.77. The summed E-state index contributed by atoms with van der Waals surface area (Å²) in [5, 5.41) is 4.84. The highest BCUT2D eigenvalue weighted by atomic mass is 15.0. The number of hydrogen-bond donors (Lipinski definition) is 2. The molecule has 0 spiro atoms. The van der Waals surface area contributed by atoms with Crippen LogP contribution in [0.3, 0.4) is 0 Å². The fourth-order valence-electron chi connectivity index (χ4n) is 6.17. The second-order valence-corrected chi connectivity index (χ2v) is 10.9. The lowest BCUT2D eigenvalue weighted by Gasteiger charge is -2.11. The molecular weight excluding hydrogens is 538 g/mol. The lowest BCUT2D eigenvalue weighted by atomic mass is 10.1. The van der Waals surface area contributed by atoms with Crippen molar-refractivity contribution in [1.29, 1.82) is 0 Å². The molecule has 0 amide bonds. The number of nitrogens with zero attached hydrogens (tertiary/aromatic N) is 3. The van der Waals surface area contributed by atoms with E-state index in [9.17, 15) is 0 Å². The van der Waals surface area contributed by atoms with Crippen molar-refractivity contribution in [3.8, 4) is 5.69 Å². The third-order valence-corrected chi connectivity index (χ3v) is 8.22. The molecule has 210 valence electrons. The van der Waals surface area contributed by atoms with Gasteiger partial charge in [0.05, 0.1) is 17.6 Å². The molecule has 6 aromatic carbocycles. The van der Waals surface area contributed by atoms with Crippen molar-refractivity contribution in [1.82, 2.24) is 9.55 Å². The van der Waals surface area contributed by atoms with E-state index in [0.29, 0.717) is 18.2 Å². The van der Waals surface area contributed by atoms with E-state index in [4.69, 9.17) is 15.7 Å². The Labute approximate surface area is 254 Å². The molecule has 0 saturated carbocycles. The van der Waals surface area contributed by atoms with Crippen LogP contribution in [0, 0.1) is 0 Å². The van der Waals surface area contributed by atoms with Crippen molar-refractivity contribution in [2.75, 3.05) is 0 Å². The van der Waals surface area contributed by atoms with Gasteiger partial charge in [0.25, 0.3) is 0 Å². The SMILES string of the molecule is NC(=NC(=NCc1ccccc1)c1ccccc1)c1cccc(-n2c3ccccc3c3ccc4[nH]c5ccccc5c4c32)c1. The van der Waals surface area contributed by atoms with Crippen molar-refractivity contribution >= 4 is 55.3 Å². The Morgan fingerprint density at radius 2 is 1.32 bits per heavy atom. The number of benzene rings is 6. The molecule has 0 aliphatic rings. The van der Waals surface area contributed by atoms with E-state index >= 15 is 0 Å². The minimum atomic E-state index is 0.417. The molecule has 0 fully saturated rings. The van der Waals surface area contributed by atoms with E-state index in [-0.39, 0.29) is 0 Å². The van der Waals surface area contributed by atoms with Crippen molar-refractivity contribution in [2.24, 2.45) is 15.7 Å². The van der Waals surface area contributed by atoms with Crippen LogP contribution in [0.25, 0.3) is 49.3 Å². The third kappa shape index (κ3) is 4.43. The van der Waals surface area contributed by atoms with E-state index in [0.717, 1.165) is 38.9 Å². The fourth-order valence-corrected chi connectivity index (χ4v) is 6.17. The number of aliphatic imine (C=N–C) groups is 2. The minimum absolute atomic E-state index is 0.417. The van der Waals surface area contributed by atoms with Gasteiger partial charge < -0.3 is 15.3 Å². The van der Waals surface area contributed by atoms with Crippen LogP contribution in [-0.2, 0) is 6.54 Å². The zero-order valence-electron chi connectivity index (χ0n) is 24.0. The first-order valence-electron chi connectivity index (χ1n) is 14.8. The Morgan fingerprint density at radius 3 is 2.16 bits per heavy atom. The molecule has 0 saturated heterocycles. The molecule has 8 aromatic rings. The maximum absolute atomic E-state index is 6.75. The Bertz CT molecular complexity index is 2360. The molecule has 2 aromatic heterocycles. The topological polar surface area (TPSA) is 71.5 Å². The van der Waals surface area contributed by atoms with Crippen molar-refractivity contribution in [3.05, 3.63) is 162 Å². The summed E-state index contributed by atoms with van der Waals surface area (Å²) in [6.07, 6.45) is 0. The molecule has 0 bridgehead atoms. The molecule has 0 aliphatic carbocycles. The summed E-state index contributed by atoms with van der Waals surface area (Å²) in [6.45, 7) is 0.518. The highest BCUT2D eigenvalue weighted by molar-refractivity contribution is 6.25. The second kappa shape index (κ2) is 10.7. The van der Waals surface area contributed by atoms with E-state index < -0.39 is 0 Å². The van der Waals surface area contributed by atoms with Gasteiger partial charge in [0, 0.05) is 49.4 Å². The molecule has 2 heterocycles. The first-order valence-corrected chi connectivity index (χ1v) is 14.8. The Morgan fingerprint density at radius 1 is 0.614 bits per heavy atom. The number of nitrogens with two attached hydrogens (primary N) is 1. The Hall–Kier alpha value is -5.94. The van der Waals surface area contributed by atoms with E-state index in [1.807, 2.05) is 60.7 Å².